The number of benzene rings is 2. The summed E-state index contributed by atoms with van der Waals surface area (Å²) < 4.78 is 5.36. The van der Waals surface area contributed by atoms with Crippen molar-refractivity contribution < 1.29 is 19.1 Å². The van der Waals surface area contributed by atoms with Crippen LogP contribution in [0.4, 0.5) is 10.5 Å². The van der Waals surface area contributed by atoms with Gasteiger partial charge in [-0.3, -0.25) is 9.59 Å². The van der Waals surface area contributed by atoms with Gasteiger partial charge in [0.2, 0.25) is 5.91 Å². The molecule has 0 aliphatic rings. The summed E-state index contributed by atoms with van der Waals surface area (Å²) in [6.45, 7) is 15.3. The van der Waals surface area contributed by atoms with Crippen molar-refractivity contribution in [3.05, 3.63) is 64.7 Å². The van der Waals surface area contributed by atoms with E-state index in [1.165, 1.54) is 0 Å². The topological polar surface area (TPSA) is 87.7 Å². The normalized spacial score (nSPS) is 12.8. The SMILES string of the molecule is CCCCCCN(C(=O)C(C)NC(=O)OC(C)(C)C)C(C(=O)Nc1c(C)cccc1C)c1ccc(C)cc1. The Morgan fingerprint density at radius 3 is 2.08 bits per heavy atom. The molecule has 7 heteroatoms. The fraction of sp³-hybridized carbons (Fsp3) is 0.516. The van der Waals surface area contributed by atoms with Crippen LogP contribution in [0.25, 0.3) is 0 Å². The van der Waals surface area contributed by atoms with Crippen molar-refractivity contribution in [3.8, 4) is 0 Å². The molecule has 2 unspecified atom stereocenters. The van der Waals surface area contributed by atoms with Crippen LogP contribution in [0.2, 0.25) is 0 Å². The molecule has 2 aromatic carbocycles. The van der Waals surface area contributed by atoms with Crippen LogP contribution in [0.5, 0.6) is 0 Å². The molecule has 0 aliphatic carbocycles. The maximum atomic E-state index is 14.0. The molecule has 0 heterocycles. The van der Waals surface area contributed by atoms with Gasteiger partial charge < -0.3 is 20.3 Å². The van der Waals surface area contributed by atoms with Crippen LogP contribution >= 0.6 is 0 Å². The molecule has 0 saturated carbocycles. The van der Waals surface area contributed by atoms with E-state index in [1.807, 2.05) is 63.2 Å². The molecule has 0 aliphatic heterocycles. The smallest absolute Gasteiger partial charge is 0.408 e. The van der Waals surface area contributed by atoms with Gasteiger partial charge in [-0.15, -0.1) is 0 Å². The molecule has 0 radical (unpaired) electrons. The van der Waals surface area contributed by atoms with Crippen LogP contribution in [-0.2, 0) is 14.3 Å². The van der Waals surface area contributed by atoms with Crippen LogP contribution in [0.15, 0.2) is 42.5 Å². The molecule has 2 aromatic rings. The van der Waals surface area contributed by atoms with Crippen molar-refractivity contribution in [1.29, 1.82) is 0 Å². The van der Waals surface area contributed by atoms with Gasteiger partial charge in [0.25, 0.3) is 5.91 Å². The Bertz CT molecular complexity index is 1070. The molecule has 208 valence electrons. The average Bonchev–Trinajstić information content (AvgIpc) is 2.82. The molecule has 7 nitrogen and oxygen atoms in total. The molecule has 0 spiro atoms. The first kappa shape index (κ1) is 30.9. The molecule has 2 atom stereocenters. The Morgan fingerprint density at radius 1 is 0.921 bits per heavy atom. The first-order chi connectivity index (χ1) is 17.8. The van der Waals surface area contributed by atoms with Gasteiger partial charge in [-0.2, -0.15) is 0 Å². The predicted molar refractivity (Wildman–Crippen MR) is 153 cm³/mol. The number of carbonyl (C=O) groups excluding carboxylic acids is 3. The summed E-state index contributed by atoms with van der Waals surface area (Å²) in [4.78, 5) is 41.9. The Hall–Kier alpha value is -3.35. The number of hydrogen-bond donors (Lipinski definition) is 2. The number of ether oxygens (including phenoxy) is 1. The van der Waals surface area contributed by atoms with Gasteiger partial charge in [0.1, 0.15) is 17.7 Å². The van der Waals surface area contributed by atoms with Crippen LogP contribution < -0.4 is 10.6 Å². The van der Waals surface area contributed by atoms with Gasteiger partial charge >= 0.3 is 6.09 Å². The van der Waals surface area contributed by atoms with Crippen LogP contribution in [-0.4, -0.2) is 41.0 Å². The minimum atomic E-state index is -0.878. The predicted octanol–water partition coefficient (Wildman–Crippen LogP) is 6.61. The maximum absolute atomic E-state index is 14.0. The second-order valence-corrected chi connectivity index (χ2v) is 11.0. The largest absolute Gasteiger partial charge is 0.444 e. The first-order valence-corrected chi connectivity index (χ1v) is 13.6. The quantitative estimate of drug-likeness (QED) is 0.324. The van der Waals surface area contributed by atoms with Crippen molar-refractivity contribution in [2.75, 3.05) is 11.9 Å². The highest BCUT2D eigenvalue weighted by Crippen LogP contribution is 2.27. The lowest BCUT2D eigenvalue weighted by atomic mass is 10.00. The number of para-hydroxylation sites is 1. The summed E-state index contributed by atoms with van der Waals surface area (Å²) in [5, 5.41) is 5.75. The number of amides is 3. The standard InChI is InChI=1S/C31H45N3O4/c1-9-10-11-12-20-34(29(36)24(5)32-30(37)38-31(6,7)8)27(25-18-16-21(2)17-19-25)28(35)33-26-22(3)14-13-15-23(26)4/h13-19,24,27H,9-12,20H2,1-8H3,(H,32,37)(H,33,35). The van der Waals surface area contributed by atoms with E-state index in [9.17, 15) is 14.4 Å². The highest BCUT2D eigenvalue weighted by atomic mass is 16.6. The fourth-order valence-corrected chi connectivity index (χ4v) is 4.30. The van der Waals surface area contributed by atoms with Crippen molar-refractivity contribution in [3.63, 3.8) is 0 Å². The van der Waals surface area contributed by atoms with Crippen molar-refractivity contribution >= 4 is 23.6 Å². The molecule has 2 rings (SSSR count). The molecule has 38 heavy (non-hydrogen) atoms. The molecule has 0 saturated heterocycles. The number of anilines is 1. The molecular weight excluding hydrogens is 478 g/mol. The van der Waals surface area contributed by atoms with Gasteiger partial charge in [0.05, 0.1) is 0 Å². The highest BCUT2D eigenvalue weighted by molar-refractivity contribution is 5.99. The van der Waals surface area contributed by atoms with E-state index in [2.05, 4.69) is 17.6 Å². The fourth-order valence-electron chi connectivity index (χ4n) is 4.30. The Morgan fingerprint density at radius 2 is 1.53 bits per heavy atom. The number of aryl methyl sites for hydroxylation is 3. The summed E-state index contributed by atoms with van der Waals surface area (Å²) in [5.74, 6) is -0.630. The Labute approximate surface area is 228 Å². The second-order valence-electron chi connectivity index (χ2n) is 11.0. The van der Waals surface area contributed by atoms with Crippen LogP contribution in [0.1, 0.15) is 88.6 Å². The third kappa shape index (κ3) is 9.19. The summed E-state index contributed by atoms with van der Waals surface area (Å²) in [6.07, 6.45) is 3.11. The van der Waals surface area contributed by atoms with Gasteiger partial charge in [0.15, 0.2) is 0 Å². The van der Waals surface area contributed by atoms with Gasteiger partial charge in [0, 0.05) is 12.2 Å². The highest BCUT2D eigenvalue weighted by Gasteiger charge is 2.34. The number of rotatable bonds is 11. The molecule has 3 amide bonds. The Balaban J connectivity index is 2.46. The summed E-state index contributed by atoms with van der Waals surface area (Å²) in [6, 6.07) is 11.8. The number of unbranched alkanes of at least 4 members (excludes halogenated alkanes) is 3. The van der Waals surface area contributed by atoms with Gasteiger partial charge in [-0.05, 0) is 71.6 Å². The third-order valence-electron chi connectivity index (χ3n) is 6.32. The minimum absolute atomic E-state index is 0.292. The minimum Gasteiger partial charge on any atom is -0.444 e. The van der Waals surface area contributed by atoms with E-state index in [0.29, 0.717) is 12.1 Å². The zero-order valence-electron chi connectivity index (χ0n) is 24.3. The van der Waals surface area contributed by atoms with Gasteiger partial charge in [-0.25, -0.2) is 4.79 Å². The number of nitrogens with zero attached hydrogens (tertiary/aromatic N) is 1. The summed E-state index contributed by atoms with van der Waals surface area (Å²) in [7, 11) is 0. The van der Waals surface area contributed by atoms with Crippen LogP contribution in [0, 0.1) is 20.8 Å². The summed E-state index contributed by atoms with van der Waals surface area (Å²) >= 11 is 0. The average molecular weight is 524 g/mol. The van der Waals surface area contributed by atoms with Crippen molar-refractivity contribution in [2.45, 2.75) is 98.8 Å². The van der Waals surface area contributed by atoms with Crippen molar-refractivity contribution in [2.24, 2.45) is 0 Å². The third-order valence-corrected chi connectivity index (χ3v) is 6.32. The number of hydrogen-bond acceptors (Lipinski definition) is 4. The van der Waals surface area contributed by atoms with E-state index in [1.54, 1.807) is 32.6 Å². The zero-order valence-corrected chi connectivity index (χ0v) is 24.3. The monoisotopic (exact) mass is 523 g/mol. The van der Waals surface area contributed by atoms with Crippen LogP contribution in [0.3, 0.4) is 0 Å². The van der Waals surface area contributed by atoms with E-state index in [0.717, 1.165) is 48.1 Å². The van der Waals surface area contributed by atoms with E-state index in [4.69, 9.17) is 4.74 Å². The maximum Gasteiger partial charge on any atom is 0.408 e. The molecule has 0 bridgehead atoms. The number of carbonyl (C=O) groups is 3. The molecule has 2 N–H and O–H groups in total. The van der Waals surface area contributed by atoms with E-state index in [-0.39, 0.29) is 11.8 Å². The second kappa shape index (κ2) is 14.0. The number of alkyl carbamates (subject to hydrolysis) is 1. The number of nitrogens with one attached hydrogen (secondary N) is 2. The van der Waals surface area contributed by atoms with Gasteiger partial charge in [-0.1, -0.05) is 74.2 Å². The lowest BCUT2D eigenvalue weighted by Gasteiger charge is -2.34. The lowest BCUT2D eigenvalue weighted by molar-refractivity contribution is -0.140. The van der Waals surface area contributed by atoms with E-state index < -0.39 is 23.8 Å². The lowest BCUT2D eigenvalue weighted by Crippen LogP contribution is -2.51. The zero-order chi connectivity index (χ0) is 28.5. The summed E-state index contributed by atoms with van der Waals surface area (Å²) in [5.41, 5.74) is 3.72. The molecule has 0 aromatic heterocycles. The Kier molecular flexibility index (Phi) is 11.4. The van der Waals surface area contributed by atoms with E-state index >= 15 is 0 Å². The first-order valence-electron chi connectivity index (χ1n) is 13.6. The molecular formula is C31H45N3O4. The van der Waals surface area contributed by atoms with Crippen molar-refractivity contribution in [1.82, 2.24) is 10.2 Å². The molecule has 0 fully saturated rings.